The minimum Gasteiger partial charge on any atom is -0.370 e. The van der Waals surface area contributed by atoms with E-state index in [4.69, 9.17) is 10.7 Å². The van der Waals surface area contributed by atoms with E-state index in [1.165, 1.54) is 62.3 Å². The van der Waals surface area contributed by atoms with Crippen LogP contribution in [0.4, 0.5) is 5.69 Å². The summed E-state index contributed by atoms with van der Waals surface area (Å²) in [6, 6.07) is 8.28. The van der Waals surface area contributed by atoms with Gasteiger partial charge in [-0.2, -0.15) is 11.8 Å². The van der Waals surface area contributed by atoms with Gasteiger partial charge < -0.3 is 11.1 Å². The summed E-state index contributed by atoms with van der Waals surface area (Å²) in [5, 5.41) is 3.23. The fraction of sp³-hybridized carbons (Fsp3) is 0.632. The van der Waals surface area contributed by atoms with Crippen molar-refractivity contribution in [3.63, 3.8) is 0 Å². The molecule has 3 rings (SSSR count). The zero-order valence-electron chi connectivity index (χ0n) is 14.8. The van der Waals surface area contributed by atoms with E-state index in [0.717, 1.165) is 12.2 Å². The molecule has 132 valence electrons. The van der Waals surface area contributed by atoms with Gasteiger partial charge in [-0.25, -0.2) is 0 Å². The third-order valence-electron chi connectivity index (χ3n) is 5.33. The van der Waals surface area contributed by atoms with Crippen LogP contribution >= 0.6 is 11.8 Å². The van der Waals surface area contributed by atoms with Crippen LogP contribution in [0, 0.1) is 6.92 Å². The smallest absolute Gasteiger partial charge is 0.193 e. The van der Waals surface area contributed by atoms with Gasteiger partial charge in [-0.15, -0.1) is 0 Å². The van der Waals surface area contributed by atoms with Gasteiger partial charge in [0.1, 0.15) is 0 Å². The van der Waals surface area contributed by atoms with Gasteiger partial charge in [0, 0.05) is 35.8 Å². The molecule has 1 saturated heterocycles. The van der Waals surface area contributed by atoms with Crippen molar-refractivity contribution in [3.05, 3.63) is 29.8 Å². The number of anilines is 1. The Bertz CT molecular complexity index is 543. The highest BCUT2D eigenvalue weighted by Crippen LogP contribution is 2.35. The number of nitrogens with two attached hydrogens (primary N) is 1. The maximum absolute atomic E-state index is 6.17. The number of thioether (sulfide) groups is 1. The molecule has 0 atom stereocenters. The number of nitrogens with one attached hydrogen (secondary N) is 1. The summed E-state index contributed by atoms with van der Waals surface area (Å²) in [5.41, 5.74) is 8.66. The third-order valence-corrected chi connectivity index (χ3v) is 6.28. The van der Waals surface area contributed by atoms with E-state index in [2.05, 4.69) is 53.2 Å². The van der Waals surface area contributed by atoms with Crippen molar-refractivity contribution in [2.24, 2.45) is 10.7 Å². The predicted molar refractivity (Wildman–Crippen MR) is 106 cm³/mol. The topological polar surface area (TPSA) is 53.6 Å². The molecule has 2 fully saturated rings. The molecule has 5 heteroatoms. The molecule has 1 aliphatic heterocycles. The van der Waals surface area contributed by atoms with E-state index in [9.17, 15) is 0 Å². The highest BCUT2D eigenvalue weighted by Gasteiger charge is 2.38. The van der Waals surface area contributed by atoms with Gasteiger partial charge in [0.05, 0.1) is 6.54 Å². The zero-order valence-corrected chi connectivity index (χ0v) is 15.6. The summed E-state index contributed by atoms with van der Waals surface area (Å²) in [4.78, 5) is 7.45. The molecule has 4 nitrogen and oxygen atoms in total. The summed E-state index contributed by atoms with van der Waals surface area (Å²) in [6.45, 7) is 5.31. The van der Waals surface area contributed by atoms with E-state index in [-0.39, 0.29) is 5.54 Å². The molecule has 1 aromatic rings. The molecular formula is C19H30N4S. The number of hydrogen-bond donors (Lipinski definition) is 2. The molecule has 0 radical (unpaired) electrons. The maximum atomic E-state index is 6.17. The summed E-state index contributed by atoms with van der Waals surface area (Å²) < 4.78 is 0. The van der Waals surface area contributed by atoms with Crippen molar-refractivity contribution >= 4 is 23.4 Å². The van der Waals surface area contributed by atoms with Crippen molar-refractivity contribution in [1.82, 2.24) is 4.90 Å². The molecule has 1 aliphatic carbocycles. The van der Waals surface area contributed by atoms with Gasteiger partial charge in [-0.3, -0.25) is 9.89 Å². The molecule has 0 unspecified atom stereocenters. The Kier molecular flexibility index (Phi) is 6.06. The number of guanidine groups is 1. The molecule has 0 aromatic heterocycles. The van der Waals surface area contributed by atoms with Crippen LogP contribution in [0.2, 0.25) is 0 Å². The molecule has 1 heterocycles. The first kappa shape index (κ1) is 17.6. The lowest BCUT2D eigenvalue weighted by Crippen LogP contribution is -2.55. The second-order valence-corrected chi connectivity index (χ2v) is 8.30. The van der Waals surface area contributed by atoms with Crippen molar-refractivity contribution in [1.29, 1.82) is 0 Å². The van der Waals surface area contributed by atoms with Crippen LogP contribution in [0.1, 0.15) is 37.7 Å². The van der Waals surface area contributed by atoms with Crippen molar-refractivity contribution in [2.45, 2.75) is 44.6 Å². The van der Waals surface area contributed by atoms with Crippen LogP contribution in [0.15, 0.2) is 29.3 Å². The first-order chi connectivity index (χ1) is 11.7. The lowest BCUT2D eigenvalue weighted by molar-refractivity contribution is 0.0673. The van der Waals surface area contributed by atoms with E-state index in [1.54, 1.807) is 0 Å². The van der Waals surface area contributed by atoms with Crippen molar-refractivity contribution in [2.75, 3.05) is 36.5 Å². The minimum absolute atomic E-state index is 0.235. The third kappa shape index (κ3) is 4.45. The second-order valence-electron chi connectivity index (χ2n) is 7.08. The highest BCUT2D eigenvalue weighted by molar-refractivity contribution is 7.99. The van der Waals surface area contributed by atoms with Crippen molar-refractivity contribution < 1.29 is 0 Å². The van der Waals surface area contributed by atoms with Gasteiger partial charge in [0.2, 0.25) is 0 Å². The summed E-state index contributed by atoms with van der Waals surface area (Å²) in [6.07, 6.45) is 6.54. The summed E-state index contributed by atoms with van der Waals surface area (Å²) in [7, 11) is 0. The van der Waals surface area contributed by atoms with E-state index in [0.29, 0.717) is 5.96 Å². The van der Waals surface area contributed by atoms with Gasteiger partial charge in [0.15, 0.2) is 5.96 Å². The SMILES string of the molecule is Cc1ccc(NC(N)=NCC2(N3CCSCC3)CCCCC2)cc1. The molecule has 0 amide bonds. The average molecular weight is 347 g/mol. The molecule has 0 bridgehead atoms. The zero-order chi connectivity index (χ0) is 16.8. The molecule has 1 aromatic carbocycles. The molecule has 1 saturated carbocycles. The highest BCUT2D eigenvalue weighted by atomic mass is 32.2. The fourth-order valence-electron chi connectivity index (χ4n) is 3.88. The van der Waals surface area contributed by atoms with E-state index < -0.39 is 0 Å². The van der Waals surface area contributed by atoms with Crippen LogP contribution in [0.3, 0.4) is 0 Å². The molecule has 2 aliphatic rings. The number of hydrogen-bond acceptors (Lipinski definition) is 3. The second kappa shape index (κ2) is 8.26. The lowest BCUT2D eigenvalue weighted by atomic mass is 9.80. The minimum atomic E-state index is 0.235. The summed E-state index contributed by atoms with van der Waals surface area (Å²) in [5.74, 6) is 3.04. The standard InChI is InChI=1S/C19H30N4S/c1-16-5-7-17(8-6-16)22-18(20)21-15-19(9-3-2-4-10-19)23-11-13-24-14-12-23/h5-8H,2-4,9-15H2,1H3,(H3,20,21,22). The first-order valence-electron chi connectivity index (χ1n) is 9.14. The molecule has 0 spiro atoms. The fourth-order valence-corrected chi connectivity index (χ4v) is 4.78. The lowest BCUT2D eigenvalue weighted by Gasteiger charge is -2.47. The van der Waals surface area contributed by atoms with Gasteiger partial charge in [-0.05, 0) is 31.9 Å². The van der Waals surface area contributed by atoms with Gasteiger partial charge >= 0.3 is 0 Å². The number of nitrogens with zero attached hydrogens (tertiary/aromatic N) is 2. The molecule has 3 N–H and O–H groups in total. The normalized spacial score (nSPS) is 22.3. The Morgan fingerprint density at radius 1 is 1.17 bits per heavy atom. The van der Waals surface area contributed by atoms with Gasteiger partial charge in [0.25, 0.3) is 0 Å². The van der Waals surface area contributed by atoms with Crippen LogP contribution in [-0.2, 0) is 0 Å². The monoisotopic (exact) mass is 346 g/mol. The quantitative estimate of drug-likeness (QED) is 0.647. The number of aryl methyl sites for hydroxylation is 1. The van der Waals surface area contributed by atoms with Crippen LogP contribution in [0.5, 0.6) is 0 Å². The Morgan fingerprint density at radius 3 is 2.50 bits per heavy atom. The predicted octanol–water partition coefficient (Wildman–Crippen LogP) is 3.47. The largest absolute Gasteiger partial charge is 0.370 e. The Balaban J connectivity index is 1.66. The summed E-state index contributed by atoms with van der Waals surface area (Å²) >= 11 is 2.07. The first-order valence-corrected chi connectivity index (χ1v) is 10.3. The Labute approximate surface area is 150 Å². The molecular weight excluding hydrogens is 316 g/mol. The van der Waals surface area contributed by atoms with Crippen molar-refractivity contribution in [3.8, 4) is 0 Å². The van der Waals surface area contributed by atoms with Crippen LogP contribution < -0.4 is 11.1 Å². The van der Waals surface area contributed by atoms with Crippen LogP contribution in [-0.4, -0.2) is 47.5 Å². The van der Waals surface area contributed by atoms with Crippen LogP contribution in [0.25, 0.3) is 0 Å². The average Bonchev–Trinajstić information content (AvgIpc) is 2.63. The number of rotatable bonds is 4. The van der Waals surface area contributed by atoms with E-state index >= 15 is 0 Å². The Morgan fingerprint density at radius 2 is 1.83 bits per heavy atom. The molecule has 24 heavy (non-hydrogen) atoms. The number of aliphatic imine (C=N–C) groups is 1. The number of benzene rings is 1. The van der Waals surface area contributed by atoms with E-state index in [1.807, 2.05) is 0 Å². The Hall–Kier alpha value is -1.20. The maximum Gasteiger partial charge on any atom is 0.193 e. The van der Waals surface area contributed by atoms with Gasteiger partial charge in [-0.1, -0.05) is 37.0 Å².